The minimum atomic E-state index is -0.388. The summed E-state index contributed by atoms with van der Waals surface area (Å²) in [5.74, 6) is 0.120. The van der Waals surface area contributed by atoms with Crippen LogP contribution in [0.2, 0.25) is 10.0 Å². The largest absolute Gasteiger partial charge is 0.493 e. The molecule has 130 valence electrons. The first-order chi connectivity index (χ1) is 12.0. The van der Waals surface area contributed by atoms with Crippen LogP contribution >= 0.6 is 23.2 Å². The summed E-state index contributed by atoms with van der Waals surface area (Å²) in [6.45, 7) is 0.413. The van der Waals surface area contributed by atoms with E-state index < -0.39 is 0 Å². The summed E-state index contributed by atoms with van der Waals surface area (Å²) in [5, 5.41) is 6.16. The first kappa shape index (κ1) is 17.6. The maximum atomic E-state index is 12.2. The van der Waals surface area contributed by atoms with Crippen LogP contribution in [0.5, 0.6) is 5.75 Å². The lowest BCUT2D eigenvalue weighted by molar-refractivity contribution is -0.121. The van der Waals surface area contributed by atoms with Crippen LogP contribution in [-0.2, 0) is 4.79 Å². The van der Waals surface area contributed by atoms with Crippen LogP contribution in [0, 0.1) is 0 Å². The zero-order valence-corrected chi connectivity index (χ0v) is 14.7. The first-order valence-corrected chi connectivity index (χ1v) is 8.54. The average molecular weight is 379 g/mol. The predicted octanol–water partition coefficient (Wildman–Crippen LogP) is 3.36. The van der Waals surface area contributed by atoms with Crippen molar-refractivity contribution in [1.29, 1.82) is 0 Å². The molecule has 25 heavy (non-hydrogen) atoms. The molecule has 0 aromatic heterocycles. The SMILES string of the molecule is O=C(CNC(=O)c1ccc(Cl)c(Cl)c1)N[C@H]1CCOc2ccccc21. The number of nitrogens with one attached hydrogen (secondary N) is 2. The minimum absolute atomic E-state index is 0.126. The van der Waals surface area contributed by atoms with E-state index in [0.29, 0.717) is 23.6 Å². The minimum Gasteiger partial charge on any atom is -0.493 e. The number of carbonyl (C=O) groups excluding carboxylic acids is 2. The van der Waals surface area contributed by atoms with Crippen LogP contribution in [0.1, 0.15) is 28.4 Å². The van der Waals surface area contributed by atoms with Gasteiger partial charge in [-0.3, -0.25) is 9.59 Å². The van der Waals surface area contributed by atoms with Gasteiger partial charge in [0, 0.05) is 17.5 Å². The van der Waals surface area contributed by atoms with E-state index in [0.717, 1.165) is 11.3 Å². The molecule has 0 saturated carbocycles. The standard InChI is InChI=1S/C18H16Cl2N2O3/c19-13-6-5-11(9-14(13)20)18(24)21-10-17(23)22-15-7-8-25-16-4-2-1-3-12(15)16/h1-6,9,15H,7-8,10H2,(H,21,24)(H,22,23)/t15-/m0/s1. The van der Waals surface area contributed by atoms with Gasteiger partial charge in [-0.25, -0.2) is 0 Å². The number of amides is 2. The Balaban J connectivity index is 1.57. The Morgan fingerprint density at radius 3 is 2.72 bits per heavy atom. The Bertz CT molecular complexity index is 811. The highest BCUT2D eigenvalue weighted by Gasteiger charge is 2.22. The smallest absolute Gasteiger partial charge is 0.251 e. The Hall–Kier alpha value is -2.24. The highest BCUT2D eigenvalue weighted by atomic mass is 35.5. The summed E-state index contributed by atoms with van der Waals surface area (Å²) in [5.41, 5.74) is 1.29. The molecule has 0 saturated heterocycles. The molecule has 2 aromatic rings. The lowest BCUT2D eigenvalue weighted by atomic mass is 10.0. The third kappa shape index (κ3) is 4.24. The molecule has 7 heteroatoms. The second-order valence-electron chi connectivity index (χ2n) is 5.61. The predicted molar refractivity (Wildman–Crippen MR) is 96.2 cm³/mol. The monoisotopic (exact) mass is 378 g/mol. The van der Waals surface area contributed by atoms with Crippen LogP contribution in [0.3, 0.4) is 0 Å². The van der Waals surface area contributed by atoms with Crippen molar-refractivity contribution in [3.63, 3.8) is 0 Å². The van der Waals surface area contributed by atoms with Gasteiger partial charge in [-0.05, 0) is 24.3 Å². The van der Waals surface area contributed by atoms with E-state index in [9.17, 15) is 9.59 Å². The normalized spacial score (nSPS) is 15.7. The molecule has 1 aliphatic heterocycles. The fraction of sp³-hybridized carbons (Fsp3) is 0.222. The van der Waals surface area contributed by atoms with Gasteiger partial charge in [0.15, 0.2) is 0 Å². The maximum absolute atomic E-state index is 12.2. The van der Waals surface area contributed by atoms with E-state index in [2.05, 4.69) is 10.6 Å². The van der Waals surface area contributed by atoms with Crippen LogP contribution in [-0.4, -0.2) is 25.0 Å². The number of fused-ring (bicyclic) bond motifs is 1. The molecule has 1 aliphatic rings. The molecule has 0 unspecified atom stereocenters. The van der Waals surface area contributed by atoms with Gasteiger partial charge in [-0.1, -0.05) is 41.4 Å². The molecule has 2 aromatic carbocycles. The summed E-state index contributed by atoms with van der Waals surface area (Å²) in [4.78, 5) is 24.3. The Labute approximate surface area is 155 Å². The summed E-state index contributed by atoms with van der Waals surface area (Å²) in [6.07, 6.45) is 0.684. The van der Waals surface area contributed by atoms with Crippen molar-refractivity contribution >= 4 is 35.0 Å². The van der Waals surface area contributed by atoms with Crippen molar-refractivity contribution in [2.24, 2.45) is 0 Å². The van der Waals surface area contributed by atoms with Gasteiger partial charge < -0.3 is 15.4 Å². The van der Waals surface area contributed by atoms with Crippen molar-refractivity contribution < 1.29 is 14.3 Å². The van der Waals surface area contributed by atoms with Gasteiger partial charge in [0.05, 0.1) is 29.2 Å². The van der Waals surface area contributed by atoms with Crippen LogP contribution in [0.4, 0.5) is 0 Å². The Morgan fingerprint density at radius 2 is 1.92 bits per heavy atom. The van der Waals surface area contributed by atoms with Crippen molar-refractivity contribution in [1.82, 2.24) is 10.6 Å². The van der Waals surface area contributed by atoms with E-state index in [4.69, 9.17) is 27.9 Å². The van der Waals surface area contributed by atoms with Crippen molar-refractivity contribution in [2.75, 3.05) is 13.2 Å². The zero-order valence-electron chi connectivity index (χ0n) is 13.2. The third-order valence-corrected chi connectivity index (χ3v) is 4.62. The summed E-state index contributed by atoms with van der Waals surface area (Å²) >= 11 is 11.7. The maximum Gasteiger partial charge on any atom is 0.251 e. The van der Waals surface area contributed by atoms with E-state index in [-0.39, 0.29) is 29.4 Å². The quantitative estimate of drug-likeness (QED) is 0.856. The van der Waals surface area contributed by atoms with E-state index in [1.165, 1.54) is 12.1 Å². The second kappa shape index (κ2) is 7.76. The third-order valence-electron chi connectivity index (χ3n) is 3.89. The highest BCUT2D eigenvalue weighted by Crippen LogP contribution is 2.31. The molecular weight excluding hydrogens is 363 g/mol. The molecule has 0 spiro atoms. The van der Waals surface area contributed by atoms with Crippen molar-refractivity contribution in [2.45, 2.75) is 12.5 Å². The first-order valence-electron chi connectivity index (χ1n) is 7.79. The molecule has 1 atom stereocenters. The number of ether oxygens (including phenoxy) is 1. The molecule has 2 amide bonds. The molecule has 0 bridgehead atoms. The molecular formula is C18H16Cl2N2O3. The van der Waals surface area contributed by atoms with Crippen molar-refractivity contribution in [3.05, 3.63) is 63.6 Å². The van der Waals surface area contributed by atoms with E-state index in [1.54, 1.807) is 6.07 Å². The van der Waals surface area contributed by atoms with Crippen LogP contribution < -0.4 is 15.4 Å². The zero-order chi connectivity index (χ0) is 17.8. The number of hydrogen-bond donors (Lipinski definition) is 2. The molecule has 0 fully saturated rings. The Kier molecular flexibility index (Phi) is 5.46. The van der Waals surface area contributed by atoms with Gasteiger partial charge in [0.25, 0.3) is 5.91 Å². The molecule has 2 N–H and O–H groups in total. The number of rotatable bonds is 4. The van der Waals surface area contributed by atoms with Crippen molar-refractivity contribution in [3.8, 4) is 5.75 Å². The summed E-state index contributed by atoms with van der Waals surface area (Å²) in [7, 11) is 0. The van der Waals surface area contributed by atoms with Crippen LogP contribution in [0.15, 0.2) is 42.5 Å². The number of carbonyl (C=O) groups is 2. The molecule has 0 aliphatic carbocycles. The number of hydrogen-bond acceptors (Lipinski definition) is 3. The van der Waals surface area contributed by atoms with E-state index in [1.807, 2.05) is 24.3 Å². The van der Waals surface area contributed by atoms with Gasteiger partial charge in [-0.15, -0.1) is 0 Å². The number of benzene rings is 2. The second-order valence-corrected chi connectivity index (χ2v) is 6.42. The van der Waals surface area contributed by atoms with Gasteiger partial charge in [0.2, 0.25) is 5.91 Å². The van der Waals surface area contributed by atoms with Crippen LogP contribution in [0.25, 0.3) is 0 Å². The summed E-state index contributed by atoms with van der Waals surface area (Å²) in [6, 6.07) is 12.0. The van der Waals surface area contributed by atoms with Gasteiger partial charge in [0.1, 0.15) is 5.75 Å². The lowest BCUT2D eigenvalue weighted by Crippen LogP contribution is -2.40. The topological polar surface area (TPSA) is 67.4 Å². The fourth-order valence-electron chi connectivity index (χ4n) is 2.64. The summed E-state index contributed by atoms with van der Waals surface area (Å²) < 4.78 is 5.57. The average Bonchev–Trinajstić information content (AvgIpc) is 2.62. The van der Waals surface area contributed by atoms with E-state index >= 15 is 0 Å². The number of para-hydroxylation sites is 1. The molecule has 1 heterocycles. The molecule has 5 nitrogen and oxygen atoms in total. The fourth-order valence-corrected chi connectivity index (χ4v) is 2.94. The van der Waals surface area contributed by atoms with Gasteiger partial charge in [-0.2, -0.15) is 0 Å². The highest BCUT2D eigenvalue weighted by molar-refractivity contribution is 6.42. The molecule has 3 rings (SSSR count). The lowest BCUT2D eigenvalue weighted by Gasteiger charge is -2.26. The Morgan fingerprint density at radius 1 is 1.12 bits per heavy atom. The van der Waals surface area contributed by atoms with Gasteiger partial charge >= 0.3 is 0 Å². The number of halogens is 2. The molecule has 0 radical (unpaired) electrons.